The molecule has 0 spiro atoms. The number of amides is 1. The highest BCUT2D eigenvalue weighted by atomic mass is 19.1. The second-order valence-corrected chi connectivity index (χ2v) is 7.86. The van der Waals surface area contributed by atoms with E-state index < -0.39 is 5.41 Å². The van der Waals surface area contributed by atoms with Crippen LogP contribution in [-0.4, -0.2) is 37.4 Å². The molecule has 3 aromatic rings. The van der Waals surface area contributed by atoms with E-state index in [0.29, 0.717) is 38.2 Å². The third-order valence-corrected chi connectivity index (χ3v) is 6.04. The van der Waals surface area contributed by atoms with Crippen molar-refractivity contribution in [2.75, 3.05) is 32.2 Å². The summed E-state index contributed by atoms with van der Waals surface area (Å²) in [5.41, 5.74) is 2.89. The van der Waals surface area contributed by atoms with Crippen molar-refractivity contribution in [2.24, 2.45) is 0 Å². The van der Waals surface area contributed by atoms with Crippen LogP contribution in [0.2, 0.25) is 0 Å². The fourth-order valence-corrected chi connectivity index (χ4v) is 4.37. The number of halogens is 1. The van der Waals surface area contributed by atoms with Gasteiger partial charge in [0, 0.05) is 49.2 Å². The van der Waals surface area contributed by atoms with Crippen molar-refractivity contribution in [3.05, 3.63) is 65.6 Å². The number of carbonyl (C=O) groups is 1. The Hall–Kier alpha value is -2.70. The Morgan fingerprint density at radius 2 is 2.00 bits per heavy atom. The Balaban J connectivity index is 1.63. The molecule has 1 amide bonds. The zero-order valence-corrected chi connectivity index (χ0v) is 17.4. The highest BCUT2D eigenvalue weighted by molar-refractivity contribution is 6.00. The number of hydrogen-bond donors (Lipinski definition) is 1. The second kappa shape index (κ2) is 8.58. The van der Waals surface area contributed by atoms with E-state index in [2.05, 4.69) is 22.9 Å². The summed E-state index contributed by atoms with van der Waals surface area (Å²) in [5, 5.41) is 4.15. The van der Waals surface area contributed by atoms with E-state index in [1.807, 2.05) is 24.3 Å². The van der Waals surface area contributed by atoms with Crippen LogP contribution in [0.3, 0.4) is 0 Å². The first-order valence-corrected chi connectivity index (χ1v) is 10.3. The molecule has 0 bridgehead atoms. The Labute approximate surface area is 175 Å². The number of carbonyl (C=O) groups excluding carboxylic acids is 1. The van der Waals surface area contributed by atoms with E-state index in [9.17, 15) is 9.18 Å². The largest absolute Gasteiger partial charge is 0.383 e. The van der Waals surface area contributed by atoms with E-state index in [-0.39, 0.29) is 11.7 Å². The number of ether oxygens (including phenoxy) is 2. The minimum absolute atomic E-state index is 0.119. The maximum atomic E-state index is 13.9. The van der Waals surface area contributed by atoms with Gasteiger partial charge in [0.05, 0.1) is 12.0 Å². The Morgan fingerprint density at radius 1 is 1.20 bits per heavy atom. The zero-order chi connectivity index (χ0) is 21.1. The summed E-state index contributed by atoms with van der Waals surface area (Å²) >= 11 is 0. The van der Waals surface area contributed by atoms with Gasteiger partial charge < -0.3 is 19.4 Å². The molecule has 1 aliphatic heterocycles. The summed E-state index contributed by atoms with van der Waals surface area (Å²) < 4.78 is 26.8. The van der Waals surface area contributed by atoms with Crippen LogP contribution in [0.4, 0.5) is 10.1 Å². The average molecular weight is 410 g/mol. The molecular weight excluding hydrogens is 383 g/mol. The van der Waals surface area contributed by atoms with Gasteiger partial charge in [0.15, 0.2) is 0 Å². The Morgan fingerprint density at radius 3 is 2.73 bits per heavy atom. The Kier molecular flexibility index (Phi) is 5.88. The monoisotopic (exact) mass is 410 g/mol. The molecule has 0 saturated carbocycles. The van der Waals surface area contributed by atoms with E-state index in [4.69, 9.17) is 9.47 Å². The number of aryl methyl sites for hydroxylation is 1. The quantitative estimate of drug-likeness (QED) is 0.654. The van der Waals surface area contributed by atoms with Crippen molar-refractivity contribution in [2.45, 2.75) is 31.7 Å². The number of aromatic nitrogens is 1. The number of nitrogens with zero attached hydrogens (tertiary/aromatic N) is 1. The predicted molar refractivity (Wildman–Crippen MR) is 115 cm³/mol. The molecule has 1 aliphatic rings. The fraction of sp³-hybridized carbons (Fsp3) is 0.375. The lowest BCUT2D eigenvalue weighted by Crippen LogP contribution is -2.44. The van der Waals surface area contributed by atoms with E-state index in [1.165, 1.54) is 12.1 Å². The molecule has 0 atom stereocenters. The first kappa shape index (κ1) is 20.6. The number of rotatable bonds is 6. The Bertz CT molecular complexity index is 1050. The van der Waals surface area contributed by atoms with Crippen LogP contribution in [0.15, 0.2) is 48.5 Å². The summed E-state index contributed by atoms with van der Waals surface area (Å²) in [6, 6.07) is 14.4. The number of hydrogen-bond acceptors (Lipinski definition) is 3. The number of nitrogens with one attached hydrogen (secondary N) is 1. The zero-order valence-electron chi connectivity index (χ0n) is 17.4. The molecule has 1 aromatic heterocycles. The molecule has 2 aromatic carbocycles. The lowest BCUT2D eigenvalue weighted by molar-refractivity contribution is -0.125. The summed E-state index contributed by atoms with van der Waals surface area (Å²) in [5.74, 6) is -0.452. The lowest BCUT2D eigenvalue weighted by atomic mass is 9.73. The van der Waals surface area contributed by atoms with Gasteiger partial charge in [-0.15, -0.1) is 0 Å². The summed E-state index contributed by atoms with van der Waals surface area (Å²) in [7, 11) is 1.69. The lowest BCUT2D eigenvalue weighted by Gasteiger charge is -2.36. The van der Waals surface area contributed by atoms with Crippen LogP contribution < -0.4 is 5.32 Å². The van der Waals surface area contributed by atoms with Gasteiger partial charge in [-0.25, -0.2) is 4.39 Å². The predicted octanol–water partition coefficient (Wildman–Crippen LogP) is 4.42. The third kappa shape index (κ3) is 3.85. The van der Waals surface area contributed by atoms with Gasteiger partial charge in [0.2, 0.25) is 5.91 Å². The molecule has 30 heavy (non-hydrogen) atoms. The van der Waals surface area contributed by atoms with Crippen LogP contribution in [-0.2, 0) is 26.2 Å². The molecule has 1 N–H and O–H groups in total. The molecule has 4 rings (SSSR count). The van der Waals surface area contributed by atoms with Crippen molar-refractivity contribution < 1.29 is 18.7 Å². The van der Waals surface area contributed by atoms with Crippen molar-refractivity contribution in [3.8, 4) is 0 Å². The normalized spacial score (nSPS) is 16.0. The number of benzene rings is 2. The smallest absolute Gasteiger partial charge is 0.235 e. The number of methoxy groups -OCH3 is 1. The summed E-state index contributed by atoms with van der Waals surface area (Å²) in [6.07, 6.45) is 1.05. The number of anilines is 1. The summed E-state index contributed by atoms with van der Waals surface area (Å²) in [4.78, 5) is 13.4. The van der Waals surface area contributed by atoms with Gasteiger partial charge in [0.1, 0.15) is 5.82 Å². The van der Waals surface area contributed by atoms with Gasteiger partial charge in [0.25, 0.3) is 0 Å². The topological polar surface area (TPSA) is 52.5 Å². The van der Waals surface area contributed by atoms with Crippen LogP contribution in [0, 0.1) is 12.7 Å². The van der Waals surface area contributed by atoms with Crippen molar-refractivity contribution in [1.29, 1.82) is 0 Å². The average Bonchev–Trinajstić information content (AvgIpc) is 3.06. The molecule has 2 heterocycles. The highest BCUT2D eigenvalue weighted by Crippen LogP contribution is 2.37. The minimum Gasteiger partial charge on any atom is -0.383 e. The fourth-order valence-electron chi connectivity index (χ4n) is 4.37. The summed E-state index contributed by atoms with van der Waals surface area (Å²) in [6.45, 7) is 4.44. The first-order valence-electron chi connectivity index (χ1n) is 10.3. The van der Waals surface area contributed by atoms with Gasteiger partial charge >= 0.3 is 0 Å². The maximum Gasteiger partial charge on any atom is 0.235 e. The van der Waals surface area contributed by atoms with Crippen molar-refractivity contribution in [3.63, 3.8) is 0 Å². The molecule has 0 radical (unpaired) electrons. The van der Waals surface area contributed by atoms with Crippen molar-refractivity contribution in [1.82, 2.24) is 4.57 Å². The maximum absolute atomic E-state index is 13.9. The minimum atomic E-state index is -0.796. The molecule has 6 heteroatoms. The van der Waals surface area contributed by atoms with Crippen LogP contribution >= 0.6 is 0 Å². The SMILES string of the molecule is COCCn1c(C)cc2cc(NC(=O)C3(c4cccc(F)c4)CCOCC3)ccc21. The molecule has 0 aliphatic carbocycles. The molecule has 158 valence electrons. The molecule has 1 saturated heterocycles. The molecular formula is C24H27FN2O3. The van der Waals surface area contributed by atoms with Gasteiger partial charge in [-0.1, -0.05) is 12.1 Å². The van der Waals surface area contributed by atoms with Crippen molar-refractivity contribution >= 4 is 22.5 Å². The van der Waals surface area contributed by atoms with E-state index in [1.54, 1.807) is 13.2 Å². The standard InChI is InChI=1S/C24H27FN2O3/c1-17-14-18-15-21(6-7-22(18)27(17)10-13-29-2)26-23(28)24(8-11-30-12-9-24)19-4-3-5-20(25)16-19/h3-7,14-16H,8-13H2,1-2H3,(H,26,28). The van der Waals surface area contributed by atoms with Crippen LogP contribution in [0.25, 0.3) is 10.9 Å². The molecule has 5 nitrogen and oxygen atoms in total. The van der Waals surface area contributed by atoms with Gasteiger partial charge in [-0.05, 0) is 61.7 Å². The first-order chi connectivity index (χ1) is 14.5. The molecule has 0 unspecified atom stereocenters. The van der Waals surface area contributed by atoms with E-state index >= 15 is 0 Å². The van der Waals surface area contributed by atoms with E-state index in [0.717, 1.165) is 28.8 Å². The van der Waals surface area contributed by atoms with Gasteiger partial charge in [-0.2, -0.15) is 0 Å². The van der Waals surface area contributed by atoms with Crippen LogP contribution in [0.1, 0.15) is 24.1 Å². The third-order valence-electron chi connectivity index (χ3n) is 6.04. The molecule has 1 fully saturated rings. The van der Waals surface area contributed by atoms with Gasteiger partial charge in [-0.3, -0.25) is 4.79 Å². The highest BCUT2D eigenvalue weighted by Gasteiger charge is 2.42. The van der Waals surface area contributed by atoms with Crippen LogP contribution in [0.5, 0.6) is 0 Å². The number of fused-ring (bicyclic) bond motifs is 1. The second-order valence-electron chi connectivity index (χ2n) is 7.86.